The summed E-state index contributed by atoms with van der Waals surface area (Å²) in [7, 11) is -2.08. The van der Waals surface area contributed by atoms with Gasteiger partial charge in [0.25, 0.3) is 0 Å². The Hall–Kier alpha value is -3.62. The van der Waals surface area contributed by atoms with Gasteiger partial charge in [-0.05, 0) is 109 Å². The summed E-state index contributed by atoms with van der Waals surface area (Å²) in [5.74, 6) is 1.17. The third-order valence-electron chi connectivity index (χ3n) is 15.6. The molecule has 0 aliphatic heterocycles. The first-order valence-corrected chi connectivity index (χ1v) is 26.3. The van der Waals surface area contributed by atoms with Crippen LogP contribution in [0.3, 0.4) is 0 Å². The van der Waals surface area contributed by atoms with Crippen molar-refractivity contribution in [2.75, 3.05) is 0 Å². The maximum Gasteiger partial charge on any atom is 0.453 e. The van der Waals surface area contributed by atoms with Crippen LogP contribution < -0.4 is 4.52 Å². The van der Waals surface area contributed by atoms with E-state index < -0.39 is 8.24 Å². The Morgan fingerprint density at radius 3 is 1.12 bits per heavy atom. The van der Waals surface area contributed by atoms with E-state index in [9.17, 15) is 5.11 Å². The van der Waals surface area contributed by atoms with Crippen LogP contribution in [-0.2, 0) is 49.7 Å². The summed E-state index contributed by atoms with van der Waals surface area (Å²) < 4.78 is 22.5. The second-order valence-corrected chi connectivity index (χ2v) is 27.5. The van der Waals surface area contributed by atoms with Crippen molar-refractivity contribution >= 4 is 30.2 Å². The van der Waals surface area contributed by atoms with Crippen LogP contribution in [0.1, 0.15) is 247 Å². The van der Waals surface area contributed by atoms with Gasteiger partial charge >= 0.3 is 8.24 Å². The zero-order valence-electron chi connectivity index (χ0n) is 46.3. The standard InChI is InChI=1S/C61H91O4P/c1-25-58(17,18)42-30-38(50(62)46(36-42)60(21,22)27-3)29-39-31-43(59(19,20)26-2)37-49(61(23,24)28-4)51(39)63-66-64-52-44(32-40(54(5,6)7)34-47(52)56(11,12)13)45-33-41(55(8,9)10)35-48(53(45)65-66)57(14,15)16/h30-37,62H,25-29H2,1-24H3. The van der Waals surface area contributed by atoms with Gasteiger partial charge in [0.15, 0.2) is 0 Å². The summed E-state index contributed by atoms with van der Waals surface area (Å²) in [4.78, 5) is 0. The molecule has 364 valence electrons. The summed E-state index contributed by atoms with van der Waals surface area (Å²) in [6.07, 6.45) is 4.25. The first-order chi connectivity index (χ1) is 29.9. The minimum absolute atomic E-state index is 0.0803. The predicted molar refractivity (Wildman–Crippen MR) is 288 cm³/mol. The molecule has 5 aromatic rings. The Morgan fingerprint density at radius 1 is 0.409 bits per heavy atom. The minimum Gasteiger partial charge on any atom is -0.507 e. The summed E-state index contributed by atoms with van der Waals surface area (Å²) in [6.45, 7) is 54.9. The maximum absolute atomic E-state index is 12.5. The summed E-state index contributed by atoms with van der Waals surface area (Å²) >= 11 is 0. The topological polar surface area (TPSA) is 55.7 Å². The lowest BCUT2D eigenvalue weighted by Crippen LogP contribution is -2.22. The average molecular weight is 919 g/mol. The van der Waals surface area contributed by atoms with Gasteiger partial charge in [-0.2, -0.15) is 0 Å². The van der Waals surface area contributed by atoms with Gasteiger partial charge in [0.1, 0.15) is 22.7 Å². The van der Waals surface area contributed by atoms with Crippen LogP contribution in [0.2, 0.25) is 0 Å². The van der Waals surface area contributed by atoms with E-state index in [1.54, 1.807) is 0 Å². The number of benzene rings is 4. The van der Waals surface area contributed by atoms with Crippen molar-refractivity contribution in [2.24, 2.45) is 0 Å². The molecule has 0 spiro atoms. The van der Waals surface area contributed by atoms with Crippen LogP contribution in [0.15, 0.2) is 56.9 Å². The number of hydrogen-bond donors (Lipinski definition) is 1. The van der Waals surface area contributed by atoms with Gasteiger partial charge in [-0.25, -0.2) is 0 Å². The van der Waals surface area contributed by atoms with Crippen molar-refractivity contribution in [2.45, 2.75) is 242 Å². The first kappa shape index (κ1) is 53.3. The van der Waals surface area contributed by atoms with E-state index in [0.29, 0.717) is 12.2 Å². The first-order valence-electron chi connectivity index (χ1n) is 25.2. The maximum atomic E-state index is 12.5. The van der Waals surface area contributed by atoms with Gasteiger partial charge in [-0.3, -0.25) is 0 Å². The Morgan fingerprint density at radius 2 is 0.758 bits per heavy atom. The van der Waals surface area contributed by atoms with Crippen molar-refractivity contribution in [1.82, 2.24) is 0 Å². The third-order valence-corrected chi connectivity index (χ3v) is 16.6. The van der Waals surface area contributed by atoms with E-state index in [2.05, 4.69) is 215 Å². The van der Waals surface area contributed by atoms with Crippen LogP contribution >= 0.6 is 8.24 Å². The SMILES string of the molecule is CCC(C)(C)c1cc(Cc2cc(C(C)(C)CC)cc(C(C)(C)CC)c2Op2oc3c(C(C)(C)C)cc(C(C)(C)C)cc3c3cc(C(C)(C)C)cc(C(C)(C)C)c3o2)c(O)c(C(C)(C)CC)c1. The molecule has 1 heterocycles. The fraction of sp³-hybridized carbons (Fsp3) is 0.607. The number of rotatable bonds is 12. The van der Waals surface area contributed by atoms with Crippen LogP contribution in [0.4, 0.5) is 0 Å². The lowest BCUT2D eigenvalue weighted by molar-refractivity contribution is 0.420. The quantitative estimate of drug-likeness (QED) is 0.135. The number of phenols is 1. The van der Waals surface area contributed by atoms with Crippen LogP contribution in [-0.4, -0.2) is 5.11 Å². The molecule has 0 unspecified atom stereocenters. The van der Waals surface area contributed by atoms with Gasteiger partial charge in [0, 0.05) is 45.0 Å². The molecule has 0 saturated carbocycles. The molecule has 0 bridgehead atoms. The highest BCUT2D eigenvalue weighted by Crippen LogP contribution is 2.51. The molecule has 1 N–H and O–H groups in total. The molecule has 5 heteroatoms. The number of aromatic hydroxyl groups is 1. The van der Waals surface area contributed by atoms with E-state index in [-0.39, 0.29) is 43.3 Å². The molecule has 5 rings (SSSR count). The molecule has 0 aliphatic rings. The fourth-order valence-corrected chi connectivity index (χ4v) is 9.83. The van der Waals surface area contributed by atoms with E-state index in [4.69, 9.17) is 12.9 Å². The van der Waals surface area contributed by atoms with E-state index in [1.807, 2.05) is 0 Å². The lowest BCUT2D eigenvalue weighted by atomic mass is 9.73. The normalized spacial score (nSPS) is 13.8. The highest BCUT2D eigenvalue weighted by molar-refractivity contribution is 7.32. The Kier molecular flexibility index (Phi) is 14.6. The number of fused-ring (bicyclic) bond motifs is 3. The average Bonchev–Trinajstić information content (AvgIpc) is 3.35. The molecule has 0 aliphatic carbocycles. The fourth-order valence-electron chi connectivity index (χ4n) is 8.67. The molecular formula is C61H91O4P. The van der Waals surface area contributed by atoms with Crippen LogP contribution in [0.25, 0.3) is 21.9 Å². The molecule has 0 fully saturated rings. The van der Waals surface area contributed by atoms with Crippen molar-refractivity contribution in [3.63, 3.8) is 0 Å². The van der Waals surface area contributed by atoms with Crippen molar-refractivity contribution in [1.29, 1.82) is 0 Å². The molecule has 66 heavy (non-hydrogen) atoms. The van der Waals surface area contributed by atoms with Crippen molar-refractivity contribution in [3.8, 4) is 11.5 Å². The van der Waals surface area contributed by atoms with E-state index in [0.717, 1.165) is 86.8 Å². The molecule has 4 aromatic carbocycles. The number of phenolic OH excluding ortho intramolecular Hbond substituents is 1. The Balaban J connectivity index is 2.05. The zero-order chi connectivity index (χ0) is 50.1. The van der Waals surface area contributed by atoms with Crippen molar-refractivity contribution < 1.29 is 18.0 Å². The molecule has 4 nitrogen and oxygen atoms in total. The molecule has 0 amide bonds. The molecule has 1 aromatic heterocycles. The Bertz CT molecular complexity index is 2530. The second kappa shape index (κ2) is 18.0. The molecule has 0 saturated heterocycles. The van der Waals surface area contributed by atoms with Crippen molar-refractivity contribution in [3.05, 3.63) is 104 Å². The van der Waals surface area contributed by atoms with Crippen LogP contribution in [0, 0.1) is 0 Å². The van der Waals surface area contributed by atoms with Crippen LogP contribution in [0.5, 0.6) is 11.5 Å². The summed E-state index contributed by atoms with van der Waals surface area (Å²) in [6, 6.07) is 18.7. The largest absolute Gasteiger partial charge is 0.507 e. The summed E-state index contributed by atoms with van der Waals surface area (Å²) in [5, 5.41) is 14.6. The minimum atomic E-state index is -2.08. The number of hydrogen-bond acceptors (Lipinski definition) is 4. The second-order valence-electron chi connectivity index (χ2n) is 26.5. The molecule has 0 atom stereocenters. The van der Waals surface area contributed by atoms with Gasteiger partial charge in [-0.15, -0.1) is 0 Å². The monoisotopic (exact) mass is 919 g/mol. The van der Waals surface area contributed by atoms with Gasteiger partial charge < -0.3 is 18.0 Å². The molecule has 0 radical (unpaired) electrons. The molecular weight excluding hydrogens is 828 g/mol. The third kappa shape index (κ3) is 10.8. The van der Waals surface area contributed by atoms with Gasteiger partial charge in [0.2, 0.25) is 0 Å². The predicted octanol–water partition coefficient (Wildman–Crippen LogP) is 19.4. The highest BCUT2D eigenvalue weighted by atomic mass is 31.1. The van der Waals surface area contributed by atoms with Gasteiger partial charge in [-0.1, -0.05) is 203 Å². The van der Waals surface area contributed by atoms with Gasteiger partial charge in [0.05, 0.1) is 0 Å². The Labute approximate surface area is 403 Å². The smallest absolute Gasteiger partial charge is 0.453 e. The highest BCUT2D eigenvalue weighted by Gasteiger charge is 2.34. The summed E-state index contributed by atoms with van der Waals surface area (Å²) in [5.41, 5.74) is 11.7. The van der Waals surface area contributed by atoms with E-state index in [1.165, 1.54) is 22.3 Å². The lowest BCUT2D eigenvalue weighted by Gasteiger charge is -2.32. The zero-order valence-corrected chi connectivity index (χ0v) is 47.2. The van der Waals surface area contributed by atoms with E-state index >= 15 is 0 Å².